The first-order valence-corrected chi connectivity index (χ1v) is 8.93. The van der Waals surface area contributed by atoms with Crippen molar-refractivity contribution in [3.05, 3.63) is 53.6 Å². The van der Waals surface area contributed by atoms with Crippen molar-refractivity contribution < 1.29 is 27.4 Å². The van der Waals surface area contributed by atoms with E-state index in [0.29, 0.717) is 11.5 Å². The summed E-state index contributed by atoms with van der Waals surface area (Å²) in [5.74, 6) is 1.14. The number of rotatable bonds is 6. The van der Waals surface area contributed by atoms with Crippen LogP contribution >= 0.6 is 24.8 Å². The van der Waals surface area contributed by atoms with Crippen molar-refractivity contribution >= 4 is 24.8 Å². The van der Waals surface area contributed by atoms with Crippen molar-refractivity contribution in [1.82, 2.24) is 10.2 Å². The minimum absolute atomic E-state index is 0. The summed E-state index contributed by atoms with van der Waals surface area (Å²) in [4.78, 5) is 2.27. The van der Waals surface area contributed by atoms with Crippen LogP contribution in [0.15, 0.2) is 42.5 Å². The zero-order valence-electron chi connectivity index (χ0n) is 16.6. The van der Waals surface area contributed by atoms with Gasteiger partial charge in [-0.2, -0.15) is 0 Å². The number of halogens is 5. The maximum atomic E-state index is 12.5. The molecule has 0 spiro atoms. The molecule has 0 radical (unpaired) electrons. The van der Waals surface area contributed by atoms with E-state index in [1.54, 1.807) is 26.4 Å². The van der Waals surface area contributed by atoms with E-state index in [4.69, 9.17) is 9.47 Å². The second kappa shape index (κ2) is 11.5. The Hall–Kier alpha value is -1.87. The number of hydrogen-bond acceptors (Lipinski definition) is 5. The molecule has 1 N–H and O–H groups in total. The van der Waals surface area contributed by atoms with E-state index in [9.17, 15) is 13.2 Å². The van der Waals surface area contributed by atoms with Crippen LogP contribution in [0.1, 0.15) is 17.2 Å². The van der Waals surface area contributed by atoms with Gasteiger partial charge in [0.15, 0.2) is 0 Å². The van der Waals surface area contributed by atoms with E-state index in [0.717, 1.165) is 37.3 Å². The van der Waals surface area contributed by atoms with Gasteiger partial charge in [-0.25, -0.2) is 0 Å². The molecule has 1 saturated heterocycles. The van der Waals surface area contributed by atoms with Crippen molar-refractivity contribution in [2.24, 2.45) is 0 Å². The molecule has 1 fully saturated rings. The first-order chi connectivity index (χ1) is 13.4. The molecule has 5 nitrogen and oxygen atoms in total. The van der Waals surface area contributed by atoms with Gasteiger partial charge in [0.1, 0.15) is 17.2 Å². The lowest BCUT2D eigenvalue weighted by molar-refractivity contribution is -0.274. The van der Waals surface area contributed by atoms with Crippen LogP contribution < -0.4 is 19.5 Å². The van der Waals surface area contributed by atoms with E-state index in [1.807, 2.05) is 18.2 Å². The van der Waals surface area contributed by atoms with Gasteiger partial charge < -0.3 is 19.5 Å². The molecule has 0 unspecified atom stereocenters. The molecule has 10 heteroatoms. The maximum absolute atomic E-state index is 12.5. The lowest BCUT2D eigenvalue weighted by Gasteiger charge is -2.36. The Morgan fingerprint density at radius 1 is 0.900 bits per heavy atom. The standard InChI is InChI=1S/C20H23F3N2O3.2ClH/c1-26-16-7-8-18(27-2)17(13-16)19(25-11-9-24-10-12-25)14-3-5-15(6-4-14)28-20(21,22)23;;/h3-8,13,19,24H,9-12H2,1-2H3;2*1H/t19-;;/m0../s1. The van der Waals surface area contributed by atoms with Crippen LogP contribution in [0.2, 0.25) is 0 Å². The van der Waals surface area contributed by atoms with Gasteiger partial charge in [0.05, 0.1) is 20.3 Å². The fraction of sp³-hybridized carbons (Fsp3) is 0.400. The van der Waals surface area contributed by atoms with Crippen LogP contribution in [-0.4, -0.2) is 51.7 Å². The van der Waals surface area contributed by atoms with Gasteiger partial charge in [-0.3, -0.25) is 4.90 Å². The molecule has 0 amide bonds. The van der Waals surface area contributed by atoms with Crippen molar-refractivity contribution in [1.29, 1.82) is 0 Å². The molecule has 30 heavy (non-hydrogen) atoms. The van der Waals surface area contributed by atoms with E-state index >= 15 is 0 Å². The second-order valence-corrected chi connectivity index (χ2v) is 6.41. The number of nitrogens with zero attached hydrogens (tertiary/aromatic N) is 1. The summed E-state index contributed by atoms with van der Waals surface area (Å²) in [6.07, 6.45) is -4.71. The first kappa shape index (κ1) is 26.2. The molecule has 0 aliphatic carbocycles. The minimum Gasteiger partial charge on any atom is -0.497 e. The van der Waals surface area contributed by atoms with Gasteiger partial charge in [0, 0.05) is 31.7 Å². The number of alkyl halides is 3. The Labute approximate surface area is 186 Å². The highest BCUT2D eigenvalue weighted by atomic mass is 35.5. The Morgan fingerprint density at radius 2 is 1.50 bits per heavy atom. The summed E-state index contributed by atoms with van der Waals surface area (Å²) in [5.41, 5.74) is 1.75. The van der Waals surface area contributed by atoms with Gasteiger partial charge in [-0.05, 0) is 35.9 Å². The molecule has 3 rings (SSSR count). The fourth-order valence-electron chi connectivity index (χ4n) is 3.43. The van der Waals surface area contributed by atoms with Crippen molar-refractivity contribution in [3.8, 4) is 17.2 Å². The summed E-state index contributed by atoms with van der Waals surface area (Å²) in [6, 6.07) is 11.4. The molecule has 1 atom stereocenters. The topological polar surface area (TPSA) is 43.0 Å². The fourth-order valence-corrected chi connectivity index (χ4v) is 3.43. The average molecular weight is 469 g/mol. The highest BCUT2D eigenvalue weighted by Gasteiger charge is 2.31. The Balaban J connectivity index is 0.00000225. The zero-order valence-corrected chi connectivity index (χ0v) is 18.2. The van der Waals surface area contributed by atoms with Crippen molar-refractivity contribution in [3.63, 3.8) is 0 Å². The van der Waals surface area contributed by atoms with Gasteiger partial charge in [-0.1, -0.05) is 12.1 Å². The maximum Gasteiger partial charge on any atom is 0.573 e. The van der Waals surface area contributed by atoms with Crippen molar-refractivity contribution in [2.75, 3.05) is 40.4 Å². The summed E-state index contributed by atoms with van der Waals surface area (Å²) in [6.45, 7) is 3.26. The molecule has 0 saturated carbocycles. The van der Waals surface area contributed by atoms with Gasteiger partial charge in [-0.15, -0.1) is 38.0 Å². The summed E-state index contributed by atoms with van der Waals surface area (Å²) < 4.78 is 52.3. The predicted octanol–water partition coefficient (Wildman–Crippen LogP) is 4.44. The van der Waals surface area contributed by atoms with Gasteiger partial charge in [0.25, 0.3) is 0 Å². The molecule has 1 aliphatic heterocycles. The molecule has 0 bridgehead atoms. The van der Waals surface area contributed by atoms with Crippen LogP contribution in [0.4, 0.5) is 13.2 Å². The SMILES string of the molecule is COc1ccc(OC)c([C@H](c2ccc(OC(F)(F)F)cc2)N2CCNCC2)c1.Cl.Cl. The predicted molar refractivity (Wildman–Crippen MR) is 113 cm³/mol. The number of nitrogens with one attached hydrogen (secondary N) is 1. The number of hydrogen-bond donors (Lipinski definition) is 1. The summed E-state index contributed by atoms with van der Waals surface area (Å²) in [7, 11) is 3.19. The lowest BCUT2D eigenvalue weighted by Crippen LogP contribution is -2.45. The zero-order chi connectivity index (χ0) is 20.1. The van der Waals surface area contributed by atoms with E-state index in [1.165, 1.54) is 12.1 Å². The Morgan fingerprint density at radius 3 is 2.03 bits per heavy atom. The van der Waals surface area contributed by atoms with Crippen LogP contribution in [-0.2, 0) is 0 Å². The molecule has 0 aromatic heterocycles. The number of methoxy groups -OCH3 is 2. The molecule has 2 aromatic rings. The number of benzene rings is 2. The quantitative estimate of drug-likeness (QED) is 0.678. The summed E-state index contributed by atoms with van der Waals surface area (Å²) >= 11 is 0. The van der Waals surface area contributed by atoms with Crippen LogP contribution in [0.3, 0.4) is 0 Å². The Kier molecular flexibility index (Phi) is 10.0. The Bertz CT molecular complexity index is 786. The van der Waals surface area contributed by atoms with Crippen LogP contribution in [0.5, 0.6) is 17.2 Å². The third kappa shape index (κ3) is 6.57. The third-order valence-corrected chi connectivity index (χ3v) is 4.68. The van der Waals surface area contributed by atoms with Crippen LogP contribution in [0, 0.1) is 0 Å². The number of piperazine rings is 1. The molecular formula is C20H25Cl2F3N2O3. The first-order valence-electron chi connectivity index (χ1n) is 8.93. The van der Waals surface area contributed by atoms with E-state index in [2.05, 4.69) is 15.0 Å². The third-order valence-electron chi connectivity index (χ3n) is 4.68. The molecule has 1 aliphatic rings. The normalized spacial score (nSPS) is 15.4. The van der Waals surface area contributed by atoms with Crippen LogP contribution in [0.25, 0.3) is 0 Å². The second-order valence-electron chi connectivity index (χ2n) is 6.41. The molecule has 2 aromatic carbocycles. The minimum atomic E-state index is -4.71. The smallest absolute Gasteiger partial charge is 0.497 e. The highest BCUT2D eigenvalue weighted by molar-refractivity contribution is 5.85. The average Bonchev–Trinajstić information content (AvgIpc) is 2.69. The molecule has 168 valence electrons. The van der Waals surface area contributed by atoms with Gasteiger partial charge in [0.2, 0.25) is 0 Å². The van der Waals surface area contributed by atoms with E-state index in [-0.39, 0.29) is 36.6 Å². The number of ether oxygens (including phenoxy) is 3. The molecular weight excluding hydrogens is 444 g/mol. The monoisotopic (exact) mass is 468 g/mol. The highest BCUT2D eigenvalue weighted by Crippen LogP contribution is 2.38. The van der Waals surface area contributed by atoms with Crippen molar-refractivity contribution in [2.45, 2.75) is 12.4 Å². The largest absolute Gasteiger partial charge is 0.573 e. The lowest BCUT2D eigenvalue weighted by atomic mass is 9.95. The van der Waals surface area contributed by atoms with Gasteiger partial charge >= 0.3 is 6.36 Å². The summed E-state index contributed by atoms with van der Waals surface area (Å²) in [5, 5.41) is 3.32. The molecule has 1 heterocycles. The van der Waals surface area contributed by atoms with E-state index < -0.39 is 6.36 Å².